The number of nitriles is 1. The van der Waals surface area contributed by atoms with Crippen LogP contribution < -0.4 is 4.90 Å². The Morgan fingerprint density at radius 2 is 1.93 bits per heavy atom. The van der Waals surface area contributed by atoms with E-state index in [2.05, 4.69) is 6.07 Å². The summed E-state index contributed by atoms with van der Waals surface area (Å²) in [4.78, 5) is 16.1. The molecule has 4 rings (SSSR count). The molecular weight excluding hydrogens is 435 g/mol. The van der Waals surface area contributed by atoms with Gasteiger partial charge in [-0.15, -0.1) is 0 Å². The molecule has 0 aliphatic carbocycles. The second kappa shape index (κ2) is 7.89. The van der Waals surface area contributed by atoms with Crippen molar-refractivity contribution in [3.8, 4) is 6.07 Å². The number of hydrogen-bond donors (Lipinski definition) is 0. The maximum absolute atomic E-state index is 13.1. The molecule has 30 heavy (non-hydrogen) atoms. The van der Waals surface area contributed by atoms with Crippen molar-refractivity contribution in [1.29, 1.82) is 5.26 Å². The lowest BCUT2D eigenvalue weighted by Gasteiger charge is -2.42. The minimum atomic E-state index is -4.44. The molecule has 2 aliphatic heterocycles. The Morgan fingerprint density at radius 1 is 1.17 bits per heavy atom. The van der Waals surface area contributed by atoms with Crippen molar-refractivity contribution < 1.29 is 18.0 Å². The third kappa shape index (κ3) is 3.75. The van der Waals surface area contributed by atoms with Crippen molar-refractivity contribution >= 4 is 35.0 Å². The molecular formula is C21H15ClF3N3OS. The lowest BCUT2D eigenvalue weighted by atomic mass is 9.86. The fourth-order valence-corrected chi connectivity index (χ4v) is 5.06. The number of carbonyl (C=O) groups excluding carboxylic acids is 1. The number of benzene rings is 2. The number of rotatable bonds is 2. The van der Waals surface area contributed by atoms with Crippen LogP contribution >= 0.6 is 23.4 Å². The number of thioether (sulfide) groups is 1. The van der Waals surface area contributed by atoms with E-state index >= 15 is 0 Å². The van der Waals surface area contributed by atoms with Gasteiger partial charge >= 0.3 is 6.18 Å². The van der Waals surface area contributed by atoms with Crippen LogP contribution in [-0.4, -0.2) is 23.4 Å². The van der Waals surface area contributed by atoms with Gasteiger partial charge in [0.15, 0.2) is 0 Å². The van der Waals surface area contributed by atoms with Crippen LogP contribution in [0.3, 0.4) is 0 Å². The largest absolute Gasteiger partial charge is 0.416 e. The Labute approximate surface area is 180 Å². The first-order valence-electron chi connectivity index (χ1n) is 9.03. The zero-order valence-electron chi connectivity index (χ0n) is 15.5. The summed E-state index contributed by atoms with van der Waals surface area (Å²) in [5.74, 6) is -0.311. The summed E-state index contributed by atoms with van der Waals surface area (Å²) in [6.07, 6.45) is -4.37. The normalized spacial score (nSPS) is 19.6. The summed E-state index contributed by atoms with van der Waals surface area (Å²) >= 11 is 7.56. The first-order valence-corrected chi connectivity index (χ1v) is 10.4. The van der Waals surface area contributed by atoms with Gasteiger partial charge in [0, 0.05) is 23.0 Å². The van der Waals surface area contributed by atoms with Gasteiger partial charge in [-0.05, 0) is 29.8 Å². The van der Waals surface area contributed by atoms with Crippen LogP contribution in [0.5, 0.6) is 0 Å². The van der Waals surface area contributed by atoms with Crippen molar-refractivity contribution in [1.82, 2.24) is 4.90 Å². The van der Waals surface area contributed by atoms with Gasteiger partial charge in [-0.3, -0.25) is 9.69 Å². The minimum absolute atomic E-state index is 0.0765. The second-order valence-electron chi connectivity index (χ2n) is 6.93. The first kappa shape index (κ1) is 20.6. The Morgan fingerprint density at radius 3 is 2.63 bits per heavy atom. The van der Waals surface area contributed by atoms with Gasteiger partial charge in [0.25, 0.3) is 0 Å². The van der Waals surface area contributed by atoms with Crippen LogP contribution in [-0.2, 0) is 11.0 Å². The van der Waals surface area contributed by atoms with Crippen molar-refractivity contribution in [2.75, 3.05) is 17.4 Å². The number of amides is 1. The standard InChI is InChI=1S/C21H15ClF3N3OS/c22-18-7-2-1-6-15(18)16-9-19(29)28-11-27(12-30-20(28)17(16)10-26)14-5-3-4-13(8-14)21(23,24)25/h1-8,16H,9,11-12H2. The molecule has 2 aromatic rings. The molecule has 0 bridgehead atoms. The van der Waals surface area contributed by atoms with Crippen LogP contribution in [0.15, 0.2) is 59.1 Å². The summed E-state index contributed by atoms with van der Waals surface area (Å²) in [5, 5.41) is 10.8. The highest BCUT2D eigenvalue weighted by molar-refractivity contribution is 8.03. The van der Waals surface area contributed by atoms with Crippen molar-refractivity contribution in [3.05, 3.63) is 75.3 Å². The molecule has 1 amide bonds. The van der Waals surface area contributed by atoms with Crippen LogP contribution in [0, 0.1) is 11.3 Å². The molecule has 9 heteroatoms. The summed E-state index contributed by atoms with van der Waals surface area (Å²) in [5.41, 5.74) is 0.803. The maximum Gasteiger partial charge on any atom is 0.416 e. The smallest absolute Gasteiger partial charge is 0.344 e. The van der Waals surface area contributed by atoms with E-state index in [1.165, 1.54) is 22.7 Å². The van der Waals surface area contributed by atoms with Gasteiger partial charge in [0.05, 0.1) is 34.8 Å². The third-order valence-electron chi connectivity index (χ3n) is 5.11. The number of halogens is 4. The molecule has 0 N–H and O–H groups in total. The van der Waals surface area contributed by atoms with E-state index in [0.29, 0.717) is 27.2 Å². The maximum atomic E-state index is 13.1. The fraction of sp³-hybridized carbons (Fsp3) is 0.238. The molecule has 1 saturated heterocycles. The van der Waals surface area contributed by atoms with Gasteiger partial charge in [-0.2, -0.15) is 18.4 Å². The summed E-state index contributed by atoms with van der Waals surface area (Å²) in [6, 6.07) is 14.3. The van der Waals surface area contributed by atoms with E-state index in [0.717, 1.165) is 17.7 Å². The number of nitrogens with zero attached hydrogens (tertiary/aromatic N) is 3. The topological polar surface area (TPSA) is 47.3 Å². The zero-order chi connectivity index (χ0) is 21.5. The fourth-order valence-electron chi connectivity index (χ4n) is 3.63. The van der Waals surface area contributed by atoms with E-state index in [9.17, 15) is 23.2 Å². The number of alkyl halides is 3. The second-order valence-corrected chi connectivity index (χ2v) is 8.27. The lowest BCUT2D eigenvalue weighted by molar-refractivity contribution is -0.137. The molecule has 1 atom stereocenters. The Kier molecular flexibility index (Phi) is 5.43. The highest BCUT2D eigenvalue weighted by atomic mass is 35.5. The highest BCUT2D eigenvalue weighted by Gasteiger charge is 2.39. The number of carbonyl (C=O) groups is 1. The average molecular weight is 450 g/mol. The molecule has 2 heterocycles. The molecule has 0 spiro atoms. The molecule has 2 aliphatic rings. The Balaban J connectivity index is 1.66. The molecule has 0 radical (unpaired) electrons. The van der Waals surface area contributed by atoms with Crippen molar-refractivity contribution in [2.24, 2.45) is 0 Å². The van der Waals surface area contributed by atoms with Gasteiger partial charge in [0.2, 0.25) is 5.91 Å². The molecule has 4 nitrogen and oxygen atoms in total. The summed E-state index contributed by atoms with van der Waals surface area (Å²) in [6.45, 7) is 0.0862. The number of anilines is 1. The molecule has 154 valence electrons. The Hall–Kier alpha value is -2.63. The summed E-state index contributed by atoms with van der Waals surface area (Å²) in [7, 11) is 0. The van der Waals surface area contributed by atoms with E-state index in [1.54, 1.807) is 35.2 Å². The predicted octanol–water partition coefficient (Wildman–Crippen LogP) is 5.58. The molecule has 1 unspecified atom stereocenters. The Bertz CT molecular complexity index is 1080. The van der Waals surface area contributed by atoms with Gasteiger partial charge < -0.3 is 4.90 Å². The zero-order valence-corrected chi connectivity index (χ0v) is 17.1. The molecule has 0 saturated carbocycles. The minimum Gasteiger partial charge on any atom is -0.344 e. The van der Waals surface area contributed by atoms with Crippen molar-refractivity contribution in [3.63, 3.8) is 0 Å². The molecule has 2 aromatic carbocycles. The molecule has 1 fully saturated rings. The number of fused-ring (bicyclic) bond motifs is 1. The monoisotopic (exact) mass is 449 g/mol. The predicted molar refractivity (Wildman–Crippen MR) is 110 cm³/mol. The van der Waals surface area contributed by atoms with E-state index < -0.39 is 17.7 Å². The third-order valence-corrected chi connectivity index (χ3v) is 6.61. The highest BCUT2D eigenvalue weighted by Crippen LogP contribution is 2.44. The van der Waals surface area contributed by atoms with Crippen molar-refractivity contribution in [2.45, 2.75) is 18.5 Å². The summed E-state index contributed by atoms with van der Waals surface area (Å²) < 4.78 is 39.2. The number of hydrogen-bond acceptors (Lipinski definition) is 4. The van der Waals surface area contributed by atoms with Crippen LogP contribution in [0.2, 0.25) is 5.02 Å². The van der Waals surface area contributed by atoms with Gasteiger partial charge in [0.1, 0.15) is 0 Å². The van der Waals surface area contributed by atoms with E-state index in [1.807, 2.05) is 0 Å². The quantitative estimate of drug-likeness (QED) is 0.600. The number of allylic oxidation sites excluding steroid dienone is 1. The van der Waals surface area contributed by atoms with E-state index in [4.69, 9.17) is 11.6 Å². The van der Waals surface area contributed by atoms with E-state index in [-0.39, 0.29) is 19.0 Å². The SMILES string of the molecule is N#CC1=C2SCN(c3cccc(C(F)(F)F)c3)CN2C(=O)CC1c1ccccc1Cl. The average Bonchev–Trinajstić information content (AvgIpc) is 2.73. The molecule has 0 aromatic heterocycles. The lowest BCUT2D eigenvalue weighted by Crippen LogP contribution is -2.47. The van der Waals surface area contributed by atoms with Crippen LogP contribution in [0.4, 0.5) is 18.9 Å². The van der Waals surface area contributed by atoms with Crippen LogP contribution in [0.25, 0.3) is 0 Å². The van der Waals surface area contributed by atoms with Crippen LogP contribution in [0.1, 0.15) is 23.5 Å². The van der Waals surface area contributed by atoms with Gasteiger partial charge in [-0.1, -0.05) is 47.6 Å². The first-order chi connectivity index (χ1) is 14.3. The van der Waals surface area contributed by atoms with Gasteiger partial charge in [-0.25, -0.2) is 0 Å².